The molecule has 1 unspecified atom stereocenters. The summed E-state index contributed by atoms with van der Waals surface area (Å²) < 4.78 is 13.3. The molecule has 4 nitrogen and oxygen atoms in total. The first-order chi connectivity index (χ1) is 10.3. The summed E-state index contributed by atoms with van der Waals surface area (Å²) in [5.74, 6) is -2.18. The molecule has 1 amide bonds. The predicted octanol–water partition coefficient (Wildman–Crippen LogP) is 2.88. The van der Waals surface area contributed by atoms with Gasteiger partial charge >= 0.3 is 0 Å². The maximum atomic E-state index is 13.3. The lowest BCUT2D eigenvalue weighted by Crippen LogP contribution is -2.41. The van der Waals surface area contributed by atoms with E-state index in [1.54, 1.807) is 19.9 Å². The smallest absolute Gasteiger partial charge is 0.257 e. The van der Waals surface area contributed by atoms with Gasteiger partial charge in [0.15, 0.2) is 0 Å². The minimum Gasteiger partial charge on any atom is -0.356 e. The zero-order chi connectivity index (χ0) is 16.4. The molecule has 1 aromatic carbocycles. The molecule has 22 heavy (non-hydrogen) atoms. The Kier molecular flexibility index (Phi) is 4.87. The Morgan fingerprint density at radius 1 is 1.32 bits per heavy atom. The van der Waals surface area contributed by atoms with Crippen molar-refractivity contribution >= 4 is 5.91 Å². The van der Waals surface area contributed by atoms with E-state index in [9.17, 15) is 14.3 Å². The van der Waals surface area contributed by atoms with Gasteiger partial charge < -0.3 is 5.11 Å². The van der Waals surface area contributed by atoms with E-state index in [-0.39, 0.29) is 11.5 Å². The number of hydrogen-bond acceptors (Lipinski definition) is 3. The number of rotatable bonds is 7. The highest BCUT2D eigenvalue weighted by Crippen LogP contribution is 2.48. The molecule has 1 fully saturated rings. The summed E-state index contributed by atoms with van der Waals surface area (Å²) in [6, 6.07) is 5.54. The van der Waals surface area contributed by atoms with Crippen LogP contribution in [0, 0.1) is 5.82 Å². The molecule has 0 aromatic heterocycles. The first-order valence-electron chi connectivity index (χ1n) is 7.92. The minimum absolute atomic E-state index is 0.247. The summed E-state index contributed by atoms with van der Waals surface area (Å²) in [4.78, 5) is 13.9. The molecule has 122 valence electrons. The molecular weight excluding hydrogens is 283 g/mol. The maximum absolute atomic E-state index is 13.3. The van der Waals surface area contributed by atoms with Gasteiger partial charge in [-0.15, -0.1) is 0 Å². The second kappa shape index (κ2) is 6.34. The standard InChI is InChI=1S/C17H25FN2O2/c1-4-5-6-7-11-19-17(22)16(2,3)20(17)15(21)13-9-8-10-14(18)12-13/h8-10,12,19,22H,4-7,11H2,1-3H3. The molecule has 2 N–H and O–H groups in total. The average Bonchev–Trinajstić information content (AvgIpc) is 2.91. The van der Waals surface area contributed by atoms with Crippen LogP contribution in [0.1, 0.15) is 56.8 Å². The van der Waals surface area contributed by atoms with Gasteiger partial charge in [0.05, 0.1) is 0 Å². The fourth-order valence-electron chi connectivity index (χ4n) is 2.83. The topological polar surface area (TPSA) is 52.3 Å². The van der Waals surface area contributed by atoms with Crippen molar-refractivity contribution in [1.82, 2.24) is 10.2 Å². The van der Waals surface area contributed by atoms with Crippen LogP contribution in [-0.4, -0.2) is 33.8 Å². The van der Waals surface area contributed by atoms with Gasteiger partial charge in [0.1, 0.15) is 11.4 Å². The van der Waals surface area contributed by atoms with E-state index < -0.39 is 17.2 Å². The molecule has 1 saturated heterocycles. The van der Waals surface area contributed by atoms with Crippen molar-refractivity contribution in [2.24, 2.45) is 0 Å². The van der Waals surface area contributed by atoms with Crippen LogP contribution in [0.5, 0.6) is 0 Å². The van der Waals surface area contributed by atoms with E-state index in [2.05, 4.69) is 12.2 Å². The SMILES string of the molecule is CCCCCCNC1(O)N(C(=O)c2cccc(F)c2)C1(C)C. The minimum atomic E-state index is -1.36. The van der Waals surface area contributed by atoms with Crippen molar-refractivity contribution in [3.05, 3.63) is 35.6 Å². The third-order valence-electron chi connectivity index (χ3n) is 4.36. The number of benzene rings is 1. The number of amides is 1. The second-order valence-corrected chi connectivity index (χ2v) is 6.37. The molecular formula is C17H25FN2O2. The van der Waals surface area contributed by atoms with Gasteiger partial charge in [0.2, 0.25) is 5.85 Å². The predicted molar refractivity (Wildman–Crippen MR) is 83.7 cm³/mol. The lowest BCUT2D eigenvalue weighted by molar-refractivity contribution is 0.0394. The quantitative estimate of drug-likeness (QED) is 0.463. The summed E-state index contributed by atoms with van der Waals surface area (Å²) in [5.41, 5.74) is -0.460. The van der Waals surface area contributed by atoms with Crippen LogP contribution in [0.25, 0.3) is 0 Å². The fourth-order valence-corrected chi connectivity index (χ4v) is 2.83. The van der Waals surface area contributed by atoms with Crippen molar-refractivity contribution in [2.75, 3.05) is 6.54 Å². The van der Waals surface area contributed by atoms with Crippen molar-refractivity contribution in [2.45, 2.75) is 57.8 Å². The molecule has 2 rings (SSSR count). The first kappa shape index (κ1) is 16.9. The van der Waals surface area contributed by atoms with Gasteiger partial charge in [0.25, 0.3) is 5.91 Å². The Morgan fingerprint density at radius 2 is 2.05 bits per heavy atom. The van der Waals surface area contributed by atoms with Gasteiger partial charge in [-0.2, -0.15) is 0 Å². The number of aliphatic hydroxyl groups is 1. The Hall–Kier alpha value is -1.46. The molecule has 1 heterocycles. The van der Waals surface area contributed by atoms with E-state index >= 15 is 0 Å². The summed E-state index contributed by atoms with van der Waals surface area (Å²) in [5, 5.41) is 13.7. The number of unbranched alkanes of at least 4 members (excludes halogenated alkanes) is 3. The lowest BCUT2D eigenvalue weighted by Gasteiger charge is -2.13. The van der Waals surface area contributed by atoms with E-state index in [0.717, 1.165) is 25.7 Å². The van der Waals surface area contributed by atoms with Crippen molar-refractivity contribution < 1.29 is 14.3 Å². The Labute approximate surface area is 131 Å². The number of nitrogens with one attached hydrogen (secondary N) is 1. The molecule has 1 atom stereocenters. The second-order valence-electron chi connectivity index (χ2n) is 6.37. The number of carbonyl (C=O) groups excluding carboxylic acids is 1. The largest absolute Gasteiger partial charge is 0.356 e. The van der Waals surface area contributed by atoms with Gasteiger partial charge in [-0.3, -0.25) is 15.0 Å². The monoisotopic (exact) mass is 308 g/mol. The molecule has 0 spiro atoms. The van der Waals surface area contributed by atoms with Crippen LogP contribution in [-0.2, 0) is 0 Å². The summed E-state index contributed by atoms with van der Waals surface area (Å²) in [6.45, 7) is 6.38. The van der Waals surface area contributed by atoms with E-state index in [0.29, 0.717) is 6.54 Å². The number of halogens is 1. The summed E-state index contributed by atoms with van der Waals surface area (Å²) >= 11 is 0. The molecule has 0 saturated carbocycles. The summed E-state index contributed by atoms with van der Waals surface area (Å²) in [7, 11) is 0. The van der Waals surface area contributed by atoms with Gasteiger partial charge in [-0.1, -0.05) is 32.3 Å². The third kappa shape index (κ3) is 3.01. The maximum Gasteiger partial charge on any atom is 0.257 e. The van der Waals surface area contributed by atoms with Gasteiger partial charge in [-0.25, -0.2) is 4.39 Å². The number of hydrogen-bond donors (Lipinski definition) is 2. The van der Waals surface area contributed by atoms with Crippen LogP contribution in [0.15, 0.2) is 24.3 Å². The zero-order valence-electron chi connectivity index (χ0n) is 13.5. The highest BCUT2D eigenvalue weighted by atomic mass is 19.1. The van der Waals surface area contributed by atoms with Crippen molar-refractivity contribution in [1.29, 1.82) is 0 Å². The Bertz CT molecular complexity index is 547. The Morgan fingerprint density at radius 3 is 2.68 bits per heavy atom. The highest BCUT2D eigenvalue weighted by molar-refractivity contribution is 5.97. The lowest BCUT2D eigenvalue weighted by atomic mass is 10.1. The molecule has 0 aliphatic carbocycles. The van der Waals surface area contributed by atoms with Crippen molar-refractivity contribution in [3.63, 3.8) is 0 Å². The van der Waals surface area contributed by atoms with Crippen LogP contribution in [0.4, 0.5) is 4.39 Å². The molecule has 0 radical (unpaired) electrons. The van der Waals surface area contributed by atoms with Crippen LogP contribution >= 0.6 is 0 Å². The number of nitrogens with zero attached hydrogens (tertiary/aromatic N) is 1. The first-order valence-corrected chi connectivity index (χ1v) is 7.92. The normalized spacial score (nSPS) is 22.7. The Balaban J connectivity index is 2.00. The highest BCUT2D eigenvalue weighted by Gasteiger charge is 2.71. The zero-order valence-corrected chi connectivity index (χ0v) is 13.5. The molecule has 5 heteroatoms. The summed E-state index contributed by atoms with van der Waals surface area (Å²) in [6.07, 6.45) is 4.36. The number of carbonyl (C=O) groups is 1. The van der Waals surface area contributed by atoms with E-state index in [1.807, 2.05) is 0 Å². The van der Waals surface area contributed by atoms with Crippen LogP contribution in [0.3, 0.4) is 0 Å². The molecule has 1 aliphatic heterocycles. The van der Waals surface area contributed by atoms with Gasteiger partial charge in [-0.05, 0) is 45.0 Å². The fraction of sp³-hybridized carbons (Fsp3) is 0.588. The third-order valence-corrected chi connectivity index (χ3v) is 4.36. The van der Waals surface area contributed by atoms with Crippen LogP contribution < -0.4 is 5.32 Å². The van der Waals surface area contributed by atoms with Crippen molar-refractivity contribution in [3.8, 4) is 0 Å². The molecule has 1 aromatic rings. The van der Waals surface area contributed by atoms with E-state index in [1.165, 1.54) is 23.1 Å². The average molecular weight is 308 g/mol. The van der Waals surface area contributed by atoms with Crippen LogP contribution in [0.2, 0.25) is 0 Å². The molecule has 0 bridgehead atoms. The van der Waals surface area contributed by atoms with E-state index in [4.69, 9.17) is 0 Å². The van der Waals surface area contributed by atoms with Gasteiger partial charge in [0, 0.05) is 5.56 Å². The molecule has 1 aliphatic rings.